The molecule has 0 aromatic rings. The molecule has 0 saturated carbocycles. The summed E-state index contributed by atoms with van der Waals surface area (Å²) in [4.78, 5) is 27.5. The Balaban J connectivity index is 1.66. The largest absolute Gasteiger partial charge is 0.459 e. The molecular weight excluding hydrogens is 326 g/mol. The molecule has 0 amide bonds. The molecular formula is C18H25NO6. The van der Waals surface area contributed by atoms with Crippen molar-refractivity contribution in [1.82, 2.24) is 4.90 Å². The SMILES string of the molecule is C[C@@H]1OC12C[C@@H](C)[C@@](C)(O)C(=O)OCC1=CCN3CC[C@@H](OC2=O)[C@@H]13. The molecule has 25 heavy (non-hydrogen) atoms. The van der Waals surface area contributed by atoms with Gasteiger partial charge in [-0.05, 0) is 38.2 Å². The van der Waals surface area contributed by atoms with Gasteiger partial charge in [-0.2, -0.15) is 0 Å². The third-order valence-electron chi connectivity index (χ3n) is 6.36. The van der Waals surface area contributed by atoms with Crippen molar-refractivity contribution in [3.63, 3.8) is 0 Å². The van der Waals surface area contributed by atoms with E-state index in [2.05, 4.69) is 4.90 Å². The van der Waals surface area contributed by atoms with Crippen LogP contribution < -0.4 is 0 Å². The average Bonchev–Trinajstić information content (AvgIpc) is 2.91. The zero-order valence-corrected chi connectivity index (χ0v) is 14.9. The van der Waals surface area contributed by atoms with Crippen LogP contribution in [-0.2, 0) is 23.8 Å². The molecule has 3 saturated heterocycles. The Morgan fingerprint density at radius 2 is 2.00 bits per heavy atom. The molecule has 138 valence electrons. The highest BCUT2D eigenvalue weighted by molar-refractivity contribution is 5.84. The predicted molar refractivity (Wildman–Crippen MR) is 86.6 cm³/mol. The van der Waals surface area contributed by atoms with Crippen molar-refractivity contribution in [1.29, 1.82) is 0 Å². The fraction of sp³-hybridized carbons (Fsp3) is 0.778. The van der Waals surface area contributed by atoms with Gasteiger partial charge in [-0.15, -0.1) is 0 Å². The predicted octanol–water partition coefficient (Wildman–Crippen LogP) is 0.404. The van der Waals surface area contributed by atoms with Gasteiger partial charge in [0.05, 0.1) is 12.1 Å². The summed E-state index contributed by atoms with van der Waals surface area (Å²) in [5.74, 6) is -1.55. The number of rotatable bonds is 0. The van der Waals surface area contributed by atoms with Gasteiger partial charge in [0.1, 0.15) is 12.7 Å². The molecule has 0 aromatic heterocycles. The first-order valence-electron chi connectivity index (χ1n) is 8.97. The van der Waals surface area contributed by atoms with Crippen LogP contribution in [0.5, 0.6) is 0 Å². The van der Waals surface area contributed by atoms with Gasteiger partial charge >= 0.3 is 11.9 Å². The smallest absolute Gasteiger partial charge is 0.341 e. The molecule has 6 atom stereocenters. The van der Waals surface area contributed by atoms with E-state index in [-0.39, 0.29) is 37.2 Å². The van der Waals surface area contributed by atoms with Crippen LogP contribution >= 0.6 is 0 Å². The average molecular weight is 351 g/mol. The van der Waals surface area contributed by atoms with Crippen LogP contribution in [0.25, 0.3) is 0 Å². The number of carbonyl (C=O) groups is 2. The number of aliphatic hydroxyl groups is 1. The van der Waals surface area contributed by atoms with Crippen LogP contribution in [0.3, 0.4) is 0 Å². The van der Waals surface area contributed by atoms with Crippen LogP contribution in [0, 0.1) is 5.92 Å². The Labute approximate surface area is 146 Å². The van der Waals surface area contributed by atoms with Crippen molar-refractivity contribution in [2.45, 2.75) is 63.1 Å². The van der Waals surface area contributed by atoms with Gasteiger partial charge in [-0.25, -0.2) is 9.59 Å². The maximum Gasteiger partial charge on any atom is 0.341 e. The van der Waals surface area contributed by atoms with Crippen LogP contribution in [0.4, 0.5) is 0 Å². The normalized spacial score (nSPS) is 47.4. The van der Waals surface area contributed by atoms with Crippen molar-refractivity contribution >= 4 is 11.9 Å². The van der Waals surface area contributed by atoms with Crippen molar-refractivity contribution in [3.05, 3.63) is 11.6 Å². The van der Waals surface area contributed by atoms with Crippen LogP contribution in [0.15, 0.2) is 11.6 Å². The Morgan fingerprint density at radius 3 is 2.68 bits per heavy atom. The lowest BCUT2D eigenvalue weighted by Gasteiger charge is -2.32. The number of hydrogen-bond acceptors (Lipinski definition) is 7. The van der Waals surface area contributed by atoms with Crippen molar-refractivity contribution in [3.8, 4) is 0 Å². The first-order chi connectivity index (χ1) is 11.8. The number of ether oxygens (including phenoxy) is 3. The summed E-state index contributed by atoms with van der Waals surface area (Å²) in [5.41, 5.74) is -1.82. The highest BCUT2D eigenvalue weighted by atomic mass is 16.7. The topological polar surface area (TPSA) is 88.6 Å². The molecule has 0 aliphatic carbocycles. The summed E-state index contributed by atoms with van der Waals surface area (Å²) in [7, 11) is 0. The van der Waals surface area contributed by atoms with Gasteiger partial charge in [0, 0.05) is 13.1 Å². The summed E-state index contributed by atoms with van der Waals surface area (Å²) in [6, 6.07) is -0.0512. The monoisotopic (exact) mass is 351 g/mol. The van der Waals surface area contributed by atoms with Crippen molar-refractivity contribution in [2.75, 3.05) is 19.7 Å². The van der Waals surface area contributed by atoms with Crippen LogP contribution in [0.1, 0.15) is 33.6 Å². The van der Waals surface area contributed by atoms with Gasteiger partial charge < -0.3 is 19.3 Å². The zero-order chi connectivity index (χ0) is 18.0. The van der Waals surface area contributed by atoms with E-state index >= 15 is 0 Å². The molecule has 4 rings (SSSR count). The summed E-state index contributed by atoms with van der Waals surface area (Å²) in [5, 5.41) is 10.7. The lowest BCUT2D eigenvalue weighted by atomic mass is 9.82. The molecule has 0 bridgehead atoms. The van der Waals surface area contributed by atoms with Gasteiger partial charge in [0.15, 0.2) is 11.2 Å². The zero-order valence-electron chi connectivity index (χ0n) is 14.9. The minimum atomic E-state index is -1.69. The Bertz CT molecular complexity index is 643. The molecule has 4 heterocycles. The number of cyclic esters (lactones) is 1. The summed E-state index contributed by atoms with van der Waals surface area (Å²) in [6.45, 7) is 6.70. The van der Waals surface area contributed by atoms with Crippen molar-refractivity contribution < 1.29 is 28.9 Å². The number of carbonyl (C=O) groups excluding carboxylic acids is 2. The lowest BCUT2D eigenvalue weighted by molar-refractivity contribution is -0.172. The summed E-state index contributed by atoms with van der Waals surface area (Å²) < 4.78 is 16.9. The molecule has 0 aromatic carbocycles. The quantitative estimate of drug-likeness (QED) is 0.384. The second-order valence-corrected chi connectivity index (χ2v) is 7.93. The van der Waals surface area contributed by atoms with Gasteiger partial charge in [0.2, 0.25) is 0 Å². The maximum atomic E-state index is 12.9. The van der Waals surface area contributed by atoms with E-state index in [4.69, 9.17) is 14.2 Å². The standard InChI is InChI=1S/C18H25NO6/c1-10-8-18(11(2)25-18)16(21)24-13-5-7-19-6-4-12(14(13)19)9-23-15(20)17(10,3)22/h4,10-11,13-14,22H,5-9H2,1-3H3/t10-,11+,13-,14-,17-,18?/m1/s1. The third kappa shape index (κ3) is 2.52. The van der Waals surface area contributed by atoms with Gasteiger partial charge in [-0.3, -0.25) is 4.90 Å². The Kier molecular flexibility index (Phi) is 3.76. The Morgan fingerprint density at radius 1 is 1.28 bits per heavy atom. The summed E-state index contributed by atoms with van der Waals surface area (Å²) in [6.07, 6.45) is 2.48. The highest BCUT2D eigenvalue weighted by Gasteiger charge is 2.64. The first-order valence-corrected chi connectivity index (χ1v) is 8.97. The third-order valence-corrected chi connectivity index (χ3v) is 6.36. The molecule has 7 nitrogen and oxygen atoms in total. The number of nitrogens with zero attached hydrogens (tertiary/aromatic N) is 1. The number of epoxide rings is 1. The Hall–Kier alpha value is -1.44. The van der Waals surface area contributed by atoms with Gasteiger partial charge in [0.25, 0.3) is 0 Å². The van der Waals surface area contributed by atoms with Gasteiger partial charge in [-0.1, -0.05) is 13.0 Å². The lowest BCUT2D eigenvalue weighted by Crippen LogP contribution is -2.48. The minimum absolute atomic E-state index is 0.0512. The summed E-state index contributed by atoms with van der Waals surface area (Å²) >= 11 is 0. The van der Waals surface area contributed by atoms with Crippen molar-refractivity contribution in [2.24, 2.45) is 5.92 Å². The minimum Gasteiger partial charge on any atom is -0.459 e. The van der Waals surface area contributed by atoms with E-state index in [1.807, 2.05) is 13.0 Å². The second kappa shape index (κ2) is 5.53. The molecule has 1 spiro atoms. The van der Waals surface area contributed by atoms with E-state index in [1.165, 1.54) is 6.92 Å². The van der Waals surface area contributed by atoms with E-state index in [1.54, 1.807) is 6.92 Å². The van der Waals surface area contributed by atoms with E-state index in [9.17, 15) is 14.7 Å². The molecule has 4 aliphatic heterocycles. The molecule has 1 N–H and O–H groups in total. The van der Waals surface area contributed by atoms with E-state index in [0.717, 1.165) is 25.1 Å². The maximum absolute atomic E-state index is 12.9. The number of hydrogen-bond donors (Lipinski definition) is 1. The molecule has 4 aliphatic rings. The molecule has 3 fully saturated rings. The highest BCUT2D eigenvalue weighted by Crippen LogP contribution is 2.46. The first kappa shape index (κ1) is 17.0. The molecule has 0 radical (unpaired) electrons. The fourth-order valence-electron chi connectivity index (χ4n) is 4.31. The molecule has 1 unspecified atom stereocenters. The second-order valence-electron chi connectivity index (χ2n) is 7.93. The van der Waals surface area contributed by atoms with Crippen LogP contribution in [0.2, 0.25) is 0 Å². The van der Waals surface area contributed by atoms with E-state index in [0.29, 0.717) is 0 Å². The van der Waals surface area contributed by atoms with Crippen LogP contribution in [-0.4, -0.2) is 71.1 Å². The fourth-order valence-corrected chi connectivity index (χ4v) is 4.31. The van der Waals surface area contributed by atoms with E-state index < -0.39 is 23.1 Å². The molecule has 7 heteroatoms. The number of esters is 2.